The predicted molar refractivity (Wildman–Crippen MR) is 150 cm³/mol. The first-order valence-corrected chi connectivity index (χ1v) is 12.5. The number of carbonyl (C=O) groups excluding carboxylic acids is 1. The Morgan fingerprint density at radius 3 is 2.59 bits per heavy atom. The Hall–Kier alpha value is -4.95. The number of H-pyrrole nitrogens is 1. The Balaban J connectivity index is 0.000000191. The molecule has 2 aromatic heterocycles. The highest BCUT2D eigenvalue weighted by atomic mass is 19.1. The van der Waals surface area contributed by atoms with Gasteiger partial charge in [0.1, 0.15) is 12.4 Å². The molecule has 4 aromatic rings. The largest absolute Gasteiger partial charge is 0.486 e. The van der Waals surface area contributed by atoms with Gasteiger partial charge in [0.15, 0.2) is 11.4 Å². The number of hydrazine groups is 1. The highest BCUT2D eigenvalue weighted by Crippen LogP contribution is 2.24. The van der Waals surface area contributed by atoms with Gasteiger partial charge < -0.3 is 24.7 Å². The van der Waals surface area contributed by atoms with E-state index in [1.165, 1.54) is 30.3 Å². The van der Waals surface area contributed by atoms with Gasteiger partial charge in [-0.1, -0.05) is 12.1 Å². The smallest absolute Gasteiger partial charge is 0.290 e. The molecule has 0 saturated carbocycles. The van der Waals surface area contributed by atoms with Gasteiger partial charge in [0.2, 0.25) is 11.5 Å². The molecule has 1 aliphatic rings. The van der Waals surface area contributed by atoms with Crippen molar-refractivity contribution in [2.75, 3.05) is 40.0 Å². The molecular formula is C27H30FN7O6. The average molecular weight is 568 g/mol. The topological polar surface area (TPSA) is 174 Å². The van der Waals surface area contributed by atoms with E-state index in [9.17, 15) is 18.8 Å². The van der Waals surface area contributed by atoms with Gasteiger partial charge in [-0.25, -0.2) is 5.84 Å². The minimum absolute atomic E-state index is 0.0302. The number of ether oxygens (including phenoxy) is 2. The number of fused-ring (bicyclic) bond motifs is 1. The second kappa shape index (κ2) is 12.9. The Morgan fingerprint density at radius 1 is 1.15 bits per heavy atom. The molecule has 0 bridgehead atoms. The Labute approximate surface area is 233 Å². The molecule has 13 nitrogen and oxygen atoms in total. The summed E-state index contributed by atoms with van der Waals surface area (Å²) in [6.07, 6.45) is 0. The Morgan fingerprint density at radius 2 is 1.90 bits per heavy atom. The fourth-order valence-electron chi connectivity index (χ4n) is 4.02. The average Bonchev–Trinajstić information content (AvgIpc) is 3.26. The minimum Gasteiger partial charge on any atom is -0.486 e. The lowest BCUT2D eigenvalue weighted by Gasteiger charge is -2.27. The Bertz CT molecular complexity index is 1670. The number of hydrogen-bond acceptors (Lipinski definition) is 9. The normalized spacial score (nSPS) is 13.5. The predicted octanol–water partition coefficient (Wildman–Crippen LogP) is 1.24. The van der Waals surface area contributed by atoms with Crippen LogP contribution in [0.3, 0.4) is 0 Å². The van der Waals surface area contributed by atoms with Crippen LogP contribution in [0.5, 0.6) is 5.75 Å². The van der Waals surface area contributed by atoms with Crippen molar-refractivity contribution in [3.05, 3.63) is 86.8 Å². The van der Waals surface area contributed by atoms with Crippen LogP contribution in [0, 0.1) is 5.95 Å². The molecule has 0 radical (unpaired) electrons. The molecule has 0 aliphatic carbocycles. The highest BCUT2D eigenvalue weighted by Gasteiger charge is 2.19. The van der Waals surface area contributed by atoms with Gasteiger partial charge in [0, 0.05) is 44.4 Å². The van der Waals surface area contributed by atoms with E-state index in [0.29, 0.717) is 60.0 Å². The van der Waals surface area contributed by atoms with Crippen LogP contribution < -0.4 is 27.5 Å². The van der Waals surface area contributed by atoms with Gasteiger partial charge >= 0.3 is 0 Å². The highest BCUT2D eigenvalue weighted by molar-refractivity contribution is 5.94. The third-order valence-corrected chi connectivity index (χ3v) is 6.22. The number of benzene rings is 2. The zero-order valence-corrected chi connectivity index (χ0v) is 22.5. The summed E-state index contributed by atoms with van der Waals surface area (Å²) in [5, 5.41) is 5.18. The molecule has 0 spiro atoms. The summed E-state index contributed by atoms with van der Waals surface area (Å²) in [4.78, 5) is 39.0. The molecule has 14 heteroatoms. The van der Waals surface area contributed by atoms with Gasteiger partial charge in [-0.3, -0.25) is 24.4 Å². The third kappa shape index (κ3) is 6.98. The van der Waals surface area contributed by atoms with E-state index in [2.05, 4.69) is 10.1 Å². The first-order valence-electron chi connectivity index (χ1n) is 12.5. The molecule has 216 valence electrons. The number of aromatic nitrogens is 2. The summed E-state index contributed by atoms with van der Waals surface area (Å²) in [6.45, 7) is 2.47. The number of pyridine rings is 1. The van der Waals surface area contributed by atoms with E-state index < -0.39 is 11.5 Å². The molecular weight excluding hydrogens is 537 g/mol. The number of morpholine rings is 1. The van der Waals surface area contributed by atoms with E-state index in [1.807, 2.05) is 0 Å². The van der Waals surface area contributed by atoms with Crippen LogP contribution in [0.4, 0.5) is 4.39 Å². The first-order chi connectivity index (χ1) is 19.7. The molecule has 0 atom stereocenters. The number of aryl methyl sites for hydroxylation is 1. The van der Waals surface area contributed by atoms with Crippen molar-refractivity contribution in [2.45, 2.75) is 0 Å². The van der Waals surface area contributed by atoms with E-state index >= 15 is 0 Å². The van der Waals surface area contributed by atoms with Gasteiger partial charge in [-0.15, -0.1) is 0 Å². The molecule has 1 aliphatic heterocycles. The summed E-state index contributed by atoms with van der Waals surface area (Å²) >= 11 is 0. The fourth-order valence-corrected chi connectivity index (χ4v) is 4.02. The van der Waals surface area contributed by atoms with Gasteiger partial charge in [-0.05, 0) is 42.0 Å². The number of nitrogens with zero attached hydrogens (tertiary/aromatic N) is 4. The van der Waals surface area contributed by atoms with Crippen molar-refractivity contribution in [1.29, 1.82) is 0 Å². The number of nitrogens with two attached hydrogens (primary N) is 2. The van der Waals surface area contributed by atoms with Crippen LogP contribution in [0.2, 0.25) is 0 Å². The lowest BCUT2D eigenvalue weighted by atomic mass is 10.1. The van der Waals surface area contributed by atoms with Crippen molar-refractivity contribution in [3.63, 3.8) is 0 Å². The van der Waals surface area contributed by atoms with Crippen LogP contribution in [0.1, 0.15) is 10.4 Å². The fraction of sp³-hybridized carbons (Fsp3) is 0.259. The number of hydrazone groups is 1. The summed E-state index contributed by atoms with van der Waals surface area (Å²) in [5.74, 6) is 11.0. The van der Waals surface area contributed by atoms with Crippen molar-refractivity contribution >= 4 is 22.7 Å². The summed E-state index contributed by atoms with van der Waals surface area (Å²) in [6, 6.07) is 14.4. The number of likely N-dealkylation sites (N-methyl/N-ethyl adjacent to an activating group) is 1. The molecule has 5 N–H and O–H groups in total. The lowest BCUT2D eigenvalue weighted by molar-refractivity contribution is 0.0302. The maximum atomic E-state index is 13.7. The number of nitrogens with one attached hydrogen (secondary N) is 1. The van der Waals surface area contributed by atoms with Crippen molar-refractivity contribution < 1.29 is 23.2 Å². The van der Waals surface area contributed by atoms with E-state index in [-0.39, 0.29) is 23.6 Å². The maximum absolute atomic E-state index is 13.7. The molecule has 41 heavy (non-hydrogen) atoms. The zero-order chi connectivity index (χ0) is 29.5. The van der Waals surface area contributed by atoms with Crippen LogP contribution in [0.25, 0.3) is 22.1 Å². The number of halogens is 1. The SMILES string of the molecule is CN(N)/C(COc1cccc(C(=O)N2CCOCC2)c1)=N\N.Cn1oc2ccc(-c3ccc(=O)[nH]c3F)cc2c1=O. The molecule has 1 fully saturated rings. The molecule has 0 unspecified atom stereocenters. The van der Waals surface area contributed by atoms with Gasteiger partial charge in [0.05, 0.1) is 18.6 Å². The first kappa shape index (κ1) is 29.0. The summed E-state index contributed by atoms with van der Waals surface area (Å²) < 4.78 is 30.8. The van der Waals surface area contributed by atoms with E-state index in [1.54, 1.807) is 48.3 Å². The second-order valence-corrected chi connectivity index (χ2v) is 9.03. The minimum atomic E-state index is -0.729. The second-order valence-electron chi connectivity index (χ2n) is 9.03. The number of hydrogen-bond donors (Lipinski definition) is 3. The number of amides is 1. The summed E-state index contributed by atoms with van der Waals surface area (Å²) in [5.41, 5.74) is 0.931. The lowest BCUT2D eigenvalue weighted by Crippen LogP contribution is -2.40. The molecule has 2 aromatic carbocycles. The van der Waals surface area contributed by atoms with Crippen molar-refractivity contribution in [1.82, 2.24) is 19.6 Å². The number of carbonyl (C=O) groups is 1. The van der Waals surface area contributed by atoms with Crippen molar-refractivity contribution in [3.8, 4) is 16.9 Å². The number of aromatic amines is 1. The third-order valence-electron chi connectivity index (χ3n) is 6.22. The van der Waals surface area contributed by atoms with Crippen LogP contribution in [0.15, 0.2) is 73.8 Å². The van der Waals surface area contributed by atoms with Gasteiger partial charge in [0.25, 0.3) is 11.5 Å². The van der Waals surface area contributed by atoms with Crippen LogP contribution in [-0.2, 0) is 11.8 Å². The quantitative estimate of drug-likeness (QED) is 0.105. The van der Waals surface area contributed by atoms with Crippen LogP contribution >= 0.6 is 0 Å². The standard InChI is InChI=1S/C14H21N5O3.C13H9FN2O3/c1-18(16)13(17-15)10-22-12-4-2-3-11(9-12)14(20)19-5-7-21-8-6-19;1-16-13(18)9-6-7(2-4-10(9)19-16)8-3-5-11(17)15-12(8)14/h2-4,9H,5-8,10,15-16H2,1H3;2-6H,1H3,(H,15,17)/b17-13-;. The molecule has 1 saturated heterocycles. The Kier molecular flexibility index (Phi) is 9.16. The van der Waals surface area contributed by atoms with Crippen LogP contribution in [-0.4, -0.2) is 71.3 Å². The van der Waals surface area contributed by atoms with Gasteiger partial charge in [-0.2, -0.15) is 14.2 Å². The molecule has 3 heterocycles. The number of amidine groups is 1. The zero-order valence-electron chi connectivity index (χ0n) is 22.5. The summed E-state index contributed by atoms with van der Waals surface area (Å²) in [7, 11) is 3.12. The monoisotopic (exact) mass is 567 g/mol. The van der Waals surface area contributed by atoms with E-state index in [4.69, 9.17) is 25.7 Å². The molecule has 5 rings (SSSR count). The maximum Gasteiger partial charge on any atom is 0.290 e. The molecule has 1 amide bonds. The number of rotatable bonds is 5. The van der Waals surface area contributed by atoms with E-state index in [0.717, 1.165) is 4.74 Å². The van der Waals surface area contributed by atoms with Crippen molar-refractivity contribution in [2.24, 2.45) is 23.8 Å².